The number of carbonyl (C=O) groups is 1. The Morgan fingerprint density at radius 1 is 1.47 bits per heavy atom. The number of aromatic nitrogens is 1. The SMILES string of the molecule is COc1ccc(CNC(=O)C(CN)CC(C)C)cn1. The van der Waals surface area contributed by atoms with Gasteiger partial charge in [0.25, 0.3) is 0 Å². The molecule has 19 heavy (non-hydrogen) atoms. The van der Waals surface area contributed by atoms with Gasteiger partial charge < -0.3 is 15.8 Å². The van der Waals surface area contributed by atoms with Crippen LogP contribution >= 0.6 is 0 Å². The fourth-order valence-corrected chi connectivity index (χ4v) is 1.85. The summed E-state index contributed by atoms with van der Waals surface area (Å²) in [6, 6.07) is 3.65. The van der Waals surface area contributed by atoms with Crippen LogP contribution in [-0.2, 0) is 11.3 Å². The third-order valence-electron chi connectivity index (χ3n) is 2.88. The summed E-state index contributed by atoms with van der Waals surface area (Å²) in [5.74, 6) is 0.912. The van der Waals surface area contributed by atoms with Gasteiger partial charge in [0.15, 0.2) is 0 Å². The van der Waals surface area contributed by atoms with Crippen molar-refractivity contribution in [3.05, 3.63) is 23.9 Å². The van der Waals surface area contributed by atoms with Crippen LogP contribution in [0.15, 0.2) is 18.3 Å². The molecule has 0 spiro atoms. The minimum atomic E-state index is -0.119. The van der Waals surface area contributed by atoms with Gasteiger partial charge in [-0.2, -0.15) is 0 Å². The molecule has 1 aromatic heterocycles. The van der Waals surface area contributed by atoms with Crippen LogP contribution in [0.2, 0.25) is 0 Å². The molecule has 0 aliphatic heterocycles. The first-order valence-electron chi connectivity index (χ1n) is 6.53. The normalized spacial score (nSPS) is 12.3. The maximum absolute atomic E-state index is 12.0. The molecule has 5 nitrogen and oxygen atoms in total. The molecular formula is C14H23N3O2. The van der Waals surface area contributed by atoms with E-state index in [-0.39, 0.29) is 11.8 Å². The van der Waals surface area contributed by atoms with E-state index in [1.165, 1.54) is 0 Å². The smallest absolute Gasteiger partial charge is 0.224 e. The number of nitrogens with one attached hydrogen (secondary N) is 1. The molecule has 0 aliphatic carbocycles. The highest BCUT2D eigenvalue weighted by Crippen LogP contribution is 2.11. The molecule has 5 heteroatoms. The number of rotatable bonds is 7. The number of hydrogen-bond donors (Lipinski definition) is 2. The lowest BCUT2D eigenvalue weighted by Gasteiger charge is -2.16. The first-order chi connectivity index (χ1) is 9.06. The summed E-state index contributed by atoms with van der Waals surface area (Å²) in [5, 5.41) is 2.89. The van der Waals surface area contributed by atoms with Gasteiger partial charge in [-0.05, 0) is 17.9 Å². The third-order valence-corrected chi connectivity index (χ3v) is 2.88. The first-order valence-corrected chi connectivity index (χ1v) is 6.53. The van der Waals surface area contributed by atoms with Crippen molar-refractivity contribution in [1.82, 2.24) is 10.3 Å². The summed E-state index contributed by atoms with van der Waals surface area (Å²) in [7, 11) is 1.57. The van der Waals surface area contributed by atoms with Crippen LogP contribution in [0.25, 0.3) is 0 Å². The summed E-state index contributed by atoms with van der Waals surface area (Å²) in [6.45, 7) is 5.02. The average Bonchev–Trinajstić information content (AvgIpc) is 2.42. The molecule has 0 radical (unpaired) electrons. The first kappa shape index (κ1) is 15.4. The van der Waals surface area contributed by atoms with E-state index in [9.17, 15) is 4.79 Å². The van der Waals surface area contributed by atoms with Crippen molar-refractivity contribution >= 4 is 5.91 Å². The molecule has 1 unspecified atom stereocenters. The van der Waals surface area contributed by atoms with Gasteiger partial charge in [-0.15, -0.1) is 0 Å². The molecule has 1 aromatic rings. The molecular weight excluding hydrogens is 242 g/mol. The van der Waals surface area contributed by atoms with Gasteiger partial charge in [-0.25, -0.2) is 4.98 Å². The molecule has 1 rings (SSSR count). The lowest BCUT2D eigenvalue weighted by molar-refractivity contribution is -0.125. The number of carbonyl (C=O) groups excluding carboxylic acids is 1. The molecule has 0 saturated carbocycles. The molecule has 0 saturated heterocycles. The van der Waals surface area contributed by atoms with Crippen LogP contribution in [-0.4, -0.2) is 24.5 Å². The fourth-order valence-electron chi connectivity index (χ4n) is 1.85. The zero-order valence-electron chi connectivity index (χ0n) is 11.8. The Morgan fingerprint density at radius 3 is 2.68 bits per heavy atom. The molecule has 0 aliphatic rings. The zero-order valence-corrected chi connectivity index (χ0v) is 11.8. The van der Waals surface area contributed by atoms with Crippen LogP contribution in [0, 0.1) is 11.8 Å². The lowest BCUT2D eigenvalue weighted by atomic mass is 9.96. The maximum Gasteiger partial charge on any atom is 0.224 e. The van der Waals surface area contributed by atoms with Crippen LogP contribution in [0.1, 0.15) is 25.8 Å². The van der Waals surface area contributed by atoms with Crippen LogP contribution < -0.4 is 15.8 Å². The van der Waals surface area contributed by atoms with E-state index < -0.39 is 0 Å². The van der Waals surface area contributed by atoms with Gasteiger partial charge in [-0.1, -0.05) is 19.9 Å². The highest BCUT2D eigenvalue weighted by Gasteiger charge is 2.17. The summed E-state index contributed by atoms with van der Waals surface area (Å²) in [4.78, 5) is 16.1. The van der Waals surface area contributed by atoms with Crippen molar-refractivity contribution < 1.29 is 9.53 Å². The van der Waals surface area contributed by atoms with Crippen molar-refractivity contribution in [2.24, 2.45) is 17.6 Å². The van der Waals surface area contributed by atoms with E-state index in [1.54, 1.807) is 19.4 Å². The monoisotopic (exact) mass is 265 g/mol. The Morgan fingerprint density at radius 2 is 2.21 bits per heavy atom. The molecule has 1 atom stereocenters. The second kappa shape index (κ2) is 7.74. The molecule has 0 aromatic carbocycles. The molecule has 106 valence electrons. The van der Waals surface area contributed by atoms with Crippen molar-refractivity contribution in [1.29, 1.82) is 0 Å². The Labute approximate surface area is 114 Å². The average molecular weight is 265 g/mol. The lowest BCUT2D eigenvalue weighted by Crippen LogP contribution is -2.35. The van der Waals surface area contributed by atoms with Gasteiger partial charge in [0.1, 0.15) is 0 Å². The number of ether oxygens (including phenoxy) is 1. The number of pyridine rings is 1. The highest BCUT2D eigenvalue weighted by atomic mass is 16.5. The minimum Gasteiger partial charge on any atom is -0.481 e. The summed E-state index contributed by atoms with van der Waals surface area (Å²) < 4.78 is 4.98. The molecule has 1 amide bonds. The van der Waals surface area contributed by atoms with Crippen molar-refractivity contribution in [3.63, 3.8) is 0 Å². The number of methoxy groups -OCH3 is 1. The van der Waals surface area contributed by atoms with Crippen molar-refractivity contribution in [3.8, 4) is 5.88 Å². The van der Waals surface area contributed by atoms with E-state index in [4.69, 9.17) is 10.5 Å². The summed E-state index contributed by atoms with van der Waals surface area (Å²) in [5.41, 5.74) is 6.58. The maximum atomic E-state index is 12.0. The summed E-state index contributed by atoms with van der Waals surface area (Å²) >= 11 is 0. The van der Waals surface area contributed by atoms with Crippen LogP contribution in [0.4, 0.5) is 0 Å². The number of nitrogens with zero attached hydrogens (tertiary/aromatic N) is 1. The fraction of sp³-hybridized carbons (Fsp3) is 0.571. The zero-order chi connectivity index (χ0) is 14.3. The predicted molar refractivity (Wildman–Crippen MR) is 74.6 cm³/mol. The minimum absolute atomic E-state index is 0.00650. The summed E-state index contributed by atoms with van der Waals surface area (Å²) in [6.07, 6.45) is 2.50. The predicted octanol–water partition coefficient (Wildman–Crippen LogP) is 1.33. The second-order valence-electron chi connectivity index (χ2n) is 4.99. The van der Waals surface area contributed by atoms with Gasteiger partial charge in [0, 0.05) is 25.4 Å². The van der Waals surface area contributed by atoms with E-state index in [0.717, 1.165) is 12.0 Å². The van der Waals surface area contributed by atoms with Crippen LogP contribution in [0.3, 0.4) is 0 Å². The molecule has 3 N–H and O–H groups in total. The molecule has 0 fully saturated rings. The Kier molecular flexibility index (Phi) is 6.29. The van der Waals surface area contributed by atoms with Crippen LogP contribution in [0.5, 0.6) is 5.88 Å². The van der Waals surface area contributed by atoms with Gasteiger partial charge in [0.2, 0.25) is 11.8 Å². The topological polar surface area (TPSA) is 77.2 Å². The van der Waals surface area contributed by atoms with E-state index in [1.807, 2.05) is 6.07 Å². The Bertz CT molecular complexity index is 390. The third kappa shape index (κ3) is 5.26. The largest absolute Gasteiger partial charge is 0.481 e. The van der Waals surface area contributed by atoms with Gasteiger partial charge >= 0.3 is 0 Å². The number of amides is 1. The Hall–Kier alpha value is -1.62. The number of nitrogens with two attached hydrogens (primary N) is 1. The quantitative estimate of drug-likeness (QED) is 0.779. The van der Waals surface area contributed by atoms with E-state index in [0.29, 0.717) is 24.9 Å². The highest BCUT2D eigenvalue weighted by molar-refractivity contribution is 5.78. The van der Waals surface area contributed by atoms with Crippen molar-refractivity contribution in [2.45, 2.75) is 26.8 Å². The van der Waals surface area contributed by atoms with E-state index >= 15 is 0 Å². The van der Waals surface area contributed by atoms with Gasteiger partial charge in [-0.3, -0.25) is 4.79 Å². The molecule has 0 bridgehead atoms. The van der Waals surface area contributed by atoms with Gasteiger partial charge in [0.05, 0.1) is 13.0 Å². The second-order valence-corrected chi connectivity index (χ2v) is 4.99. The molecule has 1 heterocycles. The number of hydrogen-bond acceptors (Lipinski definition) is 4. The standard InChI is InChI=1S/C14H23N3O2/c1-10(2)6-12(7-15)14(18)17-9-11-4-5-13(19-3)16-8-11/h4-5,8,10,12H,6-7,9,15H2,1-3H3,(H,17,18). The Balaban J connectivity index is 2.47. The van der Waals surface area contributed by atoms with Crippen molar-refractivity contribution in [2.75, 3.05) is 13.7 Å². The van der Waals surface area contributed by atoms with E-state index in [2.05, 4.69) is 24.1 Å².